The minimum absolute atomic E-state index is 0.100. The first-order valence-electron chi connectivity index (χ1n) is 5.43. The fourth-order valence-electron chi connectivity index (χ4n) is 2.10. The lowest BCUT2D eigenvalue weighted by molar-refractivity contribution is -0.122. The molecule has 0 spiro atoms. The maximum atomic E-state index is 11.1. The first-order chi connectivity index (χ1) is 6.74. The summed E-state index contributed by atoms with van der Waals surface area (Å²) in [6, 6.07) is 0.565. The van der Waals surface area contributed by atoms with Crippen LogP contribution in [0.5, 0.6) is 0 Å². The summed E-state index contributed by atoms with van der Waals surface area (Å²) in [5.41, 5.74) is 2.17. The fourth-order valence-corrected chi connectivity index (χ4v) is 2.10. The predicted octanol–water partition coefficient (Wildman–Crippen LogP) is 0.631. The zero-order valence-corrected chi connectivity index (χ0v) is 8.96. The van der Waals surface area contributed by atoms with Crippen LogP contribution in [0.15, 0.2) is 0 Å². The number of nitrogens with zero attached hydrogens (tertiary/aromatic N) is 1. The second-order valence-electron chi connectivity index (χ2n) is 4.13. The number of carbonyl (C=O) groups is 1. The molecule has 0 bridgehead atoms. The average molecular weight is 199 g/mol. The van der Waals surface area contributed by atoms with E-state index in [1.807, 2.05) is 7.05 Å². The molecule has 0 radical (unpaired) electrons. The van der Waals surface area contributed by atoms with E-state index in [9.17, 15) is 4.79 Å². The highest BCUT2D eigenvalue weighted by atomic mass is 16.2. The fraction of sp³-hybridized carbons (Fsp3) is 0.900. The van der Waals surface area contributed by atoms with Crippen LogP contribution in [0.25, 0.3) is 0 Å². The number of rotatable bonds is 3. The summed E-state index contributed by atoms with van der Waals surface area (Å²) >= 11 is 0. The molecule has 4 heteroatoms. The quantitative estimate of drug-likeness (QED) is 0.303. The molecule has 0 aromatic heterocycles. The van der Waals surface area contributed by atoms with E-state index in [-0.39, 0.29) is 5.91 Å². The Kier molecular flexibility index (Phi) is 4.90. The van der Waals surface area contributed by atoms with Gasteiger partial charge in [-0.2, -0.15) is 0 Å². The van der Waals surface area contributed by atoms with Gasteiger partial charge in [-0.15, -0.1) is 0 Å². The average Bonchev–Trinajstić information content (AvgIpc) is 2.45. The predicted molar refractivity (Wildman–Crippen MR) is 56.5 cm³/mol. The van der Waals surface area contributed by atoms with Gasteiger partial charge >= 0.3 is 0 Å². The third-order valence-electron chi connectivity index (χ3n) is 3.00. The highest BCUT2D eigenvalue weighted by molar-refractivity contribution is 5.77. The van der Waals surface area contributed by atoms with Crippen LogP contribution in [-0.2, 0) is 4.79 Å². The van der Waals surface area contributed by atoms with Crippen LogP contribution < -0.4 is 11.3 Å². The summed E-state index contributed by atoms with van der Waals surface area (Å²) in [5, 5.41) is 0. The zero-order chi connectivity index (χ0) is 10.4. The third-order valence-corrected chi connectivity index (χ3v) is 3.00. The number of hydrogen-bond acceptors (Lipinski definition) is 3. The van der Waals surface area contributed by atoms with Crippen molar-refractivity contribution in [3.63, 3.8) is 0 Å². The summed E-state index contributed by atoms with van der Waals surface area (Å²) < 4.78 is 0. The van der Waals surface area contributed by atoms with Crippen molar-refractivity contribution in [2.24, 2.45) is 5.84 Å². The highest BCUT2D eigenvalue weighted by Crippen LogP contribution is 2.20. The largest absolute Gasteiger partial charge is 0.295 e. The first kappa shape index (κ1) is 11.5. The van der Waals surface area contributed by atoms with E-state index in [1.54, 1.807) is 0 Å². The van der Waals surface area contributed by atoms with Gasteiger partial charge < -0.3 is 0 Å². The molecular formula is C10H21N3O. The molecule has 0 aromatic carbocycles. The van der Waals surface area contributed by atoms with Gasteiger partial charge in [0, 0.05) is 6.04 Å². The van der Waals surface area contributed by atoms with Crippen LogP contribution in [0.3, 0.4) is 0 Å². The number of nitrogens with two attached hydrogens (primary N) is 1. The van der Waals surface area contributed by atoms with E-state index in [1.165, 1.54) is 38.5 Å². The van der Waals surface area contributed by atoms with Gasteiger partial charge in [0.05, 0.1) is 6.54 Å². The molecule has 0 aromatic rings. The molecule has 4 nitrogen and oxygen atoms in total. The van der Waals surface area contributed by atoms with Gasteiger partial charge in [0.25, 0.3) is 0 Å². The molecule has 0 atom stereocenters. The first-order valence-corrected chi connectivity index (χ1v) is 5.43. The van der Waals surface area contributed by atoms with Crippen molar-refractivity contribution < 1.29 is 4.79 Å². The topological polar surface area (TPSA) is 58.4 Å². The number of carbonyl (C=O) groups excluding carboxylic acids is 1. The smallest absolute Gasteiger partial charge is 0.248 e. The molecule has 1 amide bonds. The minimum atomic E-state index is -0.100. The number of hydrogen-bond donors (Lipinski definition) is 2. The molecule has 0 heterocycles. The molecule has 82 valence electrons. The number of amides is 1. The lowest BCUT2D eigenvalue weighted by Crippen LogP contribution is -2.42. The third kappa shape index (κ3) is 3.64. The van der Waals surface area contributed by atoms with Crippen molar-refractivity contribution >= 4 is 5.91 Å². The van der Waals surface area contributed by atoms with Gasteiger partial charge in [-0.1, -0.05) is 25.7 Å². The van der Waals surface area contributed by atoms with Gasteiger partial charge in [-0.05, 0) is 19.9 Å². The Bertz CT molecular complexity index is 176. The monoisotopic (exact) mass is 199 g/mol. The lowest BCUT2D eigenvalue weighted by atomic mass is 10.1. The van der Waals surface area contributed by atoms with Crippen LogP contribution in [0.1, 0.15) is 38.5 Å². The molecule has 14 heavy (non-hydrogen) atoms. The van der Waals surface area contributed by atoms with E-state index in [0.29, 0.717) is 12.6 Å². The van der Waals surface area contributed by atoms with Crippen molar-refractivity contribution in [1.82, 2.24) is 10.3 Å². The van der Waals surface area contributed by atoms with Gasteiger partial charge in [0.2, 0.25) is 5.91 Å². The SMILES string of the molecule is CN(CC(=O)NN)C1CCCCCC1. The summed E-state index contributed by atoms with van der Waals surface area (Å²) in [7, 11) is 2.01. The van der Waals surface area contributed by atoms with Gasteiger partial charge in [0.15, 0.2) is 0 Å². The van der Waals surface area contributed by atoms with E-state index in [0.717, 1.165) is 0 Å². The summed E-state index contributed by atoms with van der Waals surface area (Å²) in [4.78, 5) is 13.2. The Morgan fingerprint density at radius 1 is 1.36 bits per heavy atom. The molecule has 1 rings (SSSR count). The molecule has 1 fully saturated rings. The molecule has 1 aliphatic rings. The maximum Gasteiger partial charge on any atom is 0.248 e. The van der Waals surface area contributed by atoms with E-state index in [2.05, 4.69) is 10.3 Å². The molecule has 3 N–H and O–H groups in total. The number of nitrogens with one attached hydrogen (secondary N) is 1. The lowest BCUT2D eigenvalue weighted by Gasteiger charge is -2.25. The molecule has 0 unspecified atom stereocenters. The standard InChI is InChI=1S/C10H21N3O/c1-13(8-10(14)12-11)9-6-4-2-3-5-7-9/h9H,2-8,11H2,1H3,(H,12,14). The molecule has 0 aliphatic heterocycles. The number of hydrazine groups is 1. The molecule has 1 aliphatic carbocycles. The zero-order valence-electron chi connectivity index (χ0n) is 8.96. The van der Waals surface area contributed by atoms with E-state index in [4.69, 9.17) is 5.84 Å². The van der Waals surface area contributed by atoms with Gasteiger partial charge in [0.1, 0.15) is 0 Å². The van der Waals surface area contributed by atoms with Crippen LogP contribution in [0.4, 0.5) is 0 Å². The summed E-state index contributed by atoms with van der Waals surface area (Å²) in [6.07, 6.45) is 7.70. The van der Waals surface area contributed by atoms with E-state index < -0.39 is 0 Å². The second kappa shape index (κ2) is 5.98. The van der Waals surface area contributed by atoms with Gasteiger partial charge in [-0.3, -0.25) is 15.1 Å². The molecule has 1 saturated carbocycles. The van der Waals surface area contributed by atoms with Crippen LogP contribution in [0, 0.1) is 0 Å². The summed E-state index contributed by atoms with van der Waals surface area (Å²) in [6.45, 7) is 0.418. The van der Waals surface area contributed by atoms with Crippen LogP contribution >= 0.6 is 0 Å². The maximum absolute atomic E-state index is 11.1. The van der Waals surface area contributed by atoms with Crippen molar-refractivity contribution in [1.29, 1.82) is 0 Å². The Morgan fingerprint density at radius 2 is 1.93 bits per heavy atom. The summed E-state index contributed by atoms with van der Waals surface area (Å²) in [5.74, 6) is 4.95. The highest BCUT2D eigenvalue weighted by Gasteiger charge is 2.18. The van der Waals surface area contributed by atoms with Gasteiger partial charge in [-0.25, -0.2) is 5.84 Å². The second-order valence-corrected chi connectivity index (χ2v) is 4.13. The molecule has 0 saturated heterocycles. The van der Waals surface area contributed by atoms with Crippen molar-refractivity contribution in [2.75, 3.05) is 13.6 Å². The Balaban J connectivity index is 2.33. The van der Waals surface area contributed by atoms with Crippen molar-refractivity contribution in [3.8, 4) is 0 Å². The molecular weight excluding hydrogens is 178 g/mol. The number of likely N-dealkylation sites (N-methyl/N-ethyl adjacent to an activating group) is 1. The Morgan fingerprint density at radius 3 is 2.43 bits per heavy atom. The Labute approximate surface area is 85.8 Å². The normalized spacial score (nSPS) is 19.4. The minimum Gasteiger partial charge on any atom is -0.295 e. The van der Waals surface area contributed by atoms with E-state index >= 15 is 0 Å². The van der Waals surface area contributed by atoms with Crippen LogP contribution in [0.2, 0.25) is 0 Å². The van der Waals surface area contributed by atoms with Crippen LogP contribution in [-0.4, -0.2) is 30.4 Å². The Hall–Kier alpha value is -0.610. The van der Waals surface area contributed by atoms with Crippen molar-refractivity contribution in [2.45, 2.75) is 44.6 Å². The van der Waals surface area contributed by atoms with Crippen molar-refractivity contribution in [3.05, 3.63) is 0 Å².